The normalized spacial score (nSPS) is 12.5. The highest BCUT2D eigenvalue weighted by Crippen LogP contribution is 2.25. The van der Waals surface area contributed by atoms with Crippen molar-refractivity contribution in [2.24, 2.45) is 0 Å². The first-order valence-electron chi connectivity index (χ1n) is 4.03. The maximum atomic E-state index is 10.8. The molecule has 0 radical (unpaired) electrons. The number of Topliss-reactive ketones (excluding diaryl/α,β-unsaturated/α-hetero) is 1. The van der Waals surface area contributed by atoms with Crippen molar-refractivity contribution in [1.82, 2.24) is 0 Å². The summed E-state index contributed by atoms with van der Waals surface area (Å²) in [6, 6.07) is 7.36. The van der Waals surface area contributed by atoms with Gasteiger partial charge in [-0.2, -0.15) is 0 Å². The third-order valence-electron chi connectivity index (χ3n) is 1.75. The van der Waals surface area contributed by atoms with Crippen LogP contribution in [-0.4, -0.2) is 10.9 Å². The Hall–Kier alpha value is -0.670. The van der Waals surface area contributed by atoms with E-state index in [4.69, 9.17) is 0 Å². The summed E-state index contributed by atoms with van der Waals surface area (Å²) in [6.45, 7) is 1.47. The molecule has 0 spiro atoms. The standard InChI is InChI=1S/C10H11BrO2/c1-7(12)6-10(13)8-4-2-3-5-9(8)11/h2-5,10,13H,6H2,1H3/t10-/m1/s1. The zero-order valence-corrected chi connectivity index (χ0v) is 8.91. The molecule has 1 N–H and O–H groups in total. The van der Waals surface area contributed by atoms with Gasteiger partial charge in [0.1, 0.15) is 5.78 Å². The van der Waals surface area contributed by atoms with Crippen LogP contribution in [0.3, 0.4) is 0 Å². The van der Waals surface area contributed by atoms with Crippen LogP contribution in [0.25, 0.3) is 0 Å². The lowest BCUT2D eigenvalue weighted by Crippen LogP contribution is -2.03. The van der Waals surface area contributed by atoms with Crippen LogP contribution in [0.15, 0.2) is 28.7 Å². The lowest BCUT2D eigenvalue weighted by molar-refractivity contribution is -0.118. The van der Waals surface area contributed by atoms with Crippen LogP contribution in [0.2, 0.25) is 0 Å². The number of benzene rings is 1. The fourth-order valence-corrected chi connectivity index (χ4v) is 1.68. The Morgan fingerprint density at radius 1 is 1.54 bits per heavy atom. The molecule has 0 unspecified atom stereocenters. The summed E-state index contributed by atoms with van der Waals surface area (Å²) in [6.07, 6.45) is -0.532. The molecule has 0 heterocycles. The predicted molar refractivity (Wildman–Crippen MR) is 54.4 cm³/mol. The Labute approximate surface area is 85.7 Å². The van der Waals surface area contributed by atoms with Crippen molar-refractivity contribution in [2.75, 3.05) is 0 Å². The number of carbonyl (C=O) groups is 1. The average molecular weight is 243 g/mol. The van der Waals surface area contributed by atoms with Crippen LogP contribution >= 0.6 is 15.9 Å². The fraction of sp³-hybridized carbons (Fsp3) is 0.300. The molecule has 1 aromatic carbocycles. The highest BCUT2D eigenvalue weighted by Gasteiger charge is 2.12. The largest absolute Gasteiger partial charge is 0.388 e. The van der Waals surface area contributed by atoms with Gasteiger partial charge in [0.15, 0.2) is 0 Å². The molecule has 0 aliphatic heterocycles. The van der Waals surface area contributed by atoms with Crippen LogP contribution < -0.4 is 0 Å². The smallest absolute Gasteiger partial charge is 0.132 e. The predicted octanol–water partition coefficient (Wildman–Crippen LogP) is 2.46. The number of ketones is 1. The molecule has 0 bridgehead atoms. The molecule has 2 nitrogen and oxygen atoms in total. The maximum Gasteiger partial charge on any atom is 0.132 e. The minimum atomic E-state index is -0.701. The number of halogens is 1. The monoisotopic (exact) mass is 242 g/mol. The lowest BCUT2D eigenvalue weighted by Gasteiger charge is -2.10. The van der Waals surface area contributed by atoms with Gasteiger partial charge in [0.25, 0.3) is 0 Å². The third kappa shape index (κ3) is 2.94. The Morgan fingerprint density at radius 3 is 2.69 bits per heavy atom. The Balaban J connectivity index is 2.82. The molecule has 1 aromatic rings. The third-order valence-corrected chi connectivity index (χ3v) is 2.47. The molecule has 0 amide bonds. The molecule has 3 heteroatoms. The Bertz CT molecular complexity index is 310. The lowest BCUT2D eigenvalue weighted by atomic mass is 10.1. The molecule has 13 heavy (non-hydrogen) atoms. The fourth-order valence-electron chi connectivity index (χ4n) is 1.13. The Kier molecular flexibility index (Phi) is 3.63. The van der Waals surface area contributed by atoms with Gasteiger partial charge < -0.3 is 5.11 Å². The van der Waals surface area contributed by atoms with E-state index in [0.29, 0.717) is 0 Å². The summed E-state index contributed by atoms with van der Waals surface area (Å²) < 4.78 is 0.837. The van der Waals surface area contributed by atoms with E-state index in [-0.39, 0.29) is 12.2 Å². The van der Waals surface area contributed by atoms with Gasteiger partial charge in [0, 0.05) is 10.9 Å². The summed E-state index contributed by atoms with van der Waals surface area (Å²) in [4.78, 5) is 10.8. The van der Waals surface area contributed by atoms with E-state index in [1.165, 1.54) is 6.92 Å². The molecule has 1 rings (SSSR count). The van der Waals surface area contributed by atoms with Gasteiger partial charge in [-0.3, -0.25) is 4.79 Å². The van der Waals surface area contributed by atoms with E-state index in [1.807, 2.05) is 18.2 Å². The van der Waals surface area contributed by atoms with Crippen molar-refractivity contribution in [3.05, 3.63) is 34.3 Å². The van der Waals surface area contributed by atoms with Gasteiger partial charge in [0.2, 0.25) is 0 Å². The minimum absolute atomic E-state index is 0.0109. The number of aliphatic hydroxyl groups excluding tert-OH is 1. The van der Waals surface area contributed by atoms with E-state index >= 15 is 0 Å². The molecule has 0 aromatic heterocycles. The van der Waals surface area contributed by atoms with Gasteiger partial charge in [-0.25, -0.2) is 0 Å². The minimum Gasteiger partial charge on any atom is -0.388 e. The zero-order valence-electron chi connectivity index (χ0n) is 7.33. The van der Waals surface area contributed by atoms with E-state index in [9.17, 15) is 9.90 Å². The molecule has 0 saturated carbocycles. The molecule has 0 aliphatic rings. The van der Waals surface area contributed by atoms with Crippen molar-refractivity contribution in [3.63, 3.8) is 0 Å². The van der Waals surface area contributed by atoms with Crippen molar-refractivity contribution < 1.29 is 9.90 Å². The van der Waals surface area contributed by atoms with Gasteiger partial charge in [-0.15, -0.1) is 0 Å². The number of rotatable bonds is 3. The van der Waals surface area contributed by atoms with E-state index < -0.39 is 6.10 Å². The van der Waals surface area contributed by atoms with Gasteiger partial charge >= 0.3 is 0 Å². The number of hydrogen-bond acceptors (Lipinski definition) is 2. The second-order valence-corrected chi connectivity index (χ2v) is 3.80. The number of carbonyl (C=O) groups excluding carboxylic acids is 1. The number of hydrogen-bond donors (Lipinski definition) is 1. The van der Waals surface area contributed by atoms with Gasteiger partial charge in [-0.1, -0.05) is 34.1 Å². The van der Waals surface area contributed by atoms with Gasteiger partial charge in [0.05, 0.1) is 6.10 Å². The van der Waals surface area contributed by atoms with Crippen molar-refractivity contribution in [1.29, 1.82) is 0 Å². The van der Waals surface area contributed by atoms with Gasteiger partial charge in [-0.05, 0) is 18.6 Å². The summed E-state index contributed by atoms with van der Waals surface area (Å²) in [7, 11) is 0. The topological polar surface area (TPSA) is 37.3 Å². The molecular weight excluding hydrogens is 232 g/mol. The number of aliphatic hydroxyl groups is 1. The first-order chi connectivity index (χ1) is 6.11. The molecular formula is C10H11BrO2. The quantitative estimate of drug-likeness (QED) is 0.885. The van der Waals surface area contributed by atoms with Crippen molar-refractivity contribution in [2.45, 2.75) is 19.4 Å². The van der Waals surface area contributed by atoms with Crippen LogP contribution in [-0.2, 0) is 4.79 Å². The summed E-state index contributed by atoms with van der Waals surface area (Å²) in [5.74, 6) is -0.0109. The first kappa shape index (κ1) is 10.4. The van der Waals surface area contributed by atoms with E-state index in [2.05, 4.69) is 15.9 Å². The van der Waals surface area contributed by atoms with Crippen LogP contribution in [0.5, 0.6) is 0 Å². The van der Waals surface area contributed by atoms with Crippen LogP contribution in [0.4, 0.5) is 0 Å². The Morgan fingerprint density at radius 2 is 2.15 bits per heavy atom. The first-order valence-corrected chi connectivity index (χ1v) is 4.82. The highest BCUT2D eigenvalue weighted by atomic mass is 79.9. The SMILES string of the molecule is CC(=O)C[C@@H](O)c1ccccc1Br. The summed E-state index contributed by atoms with van der Waals surface area (Å²) >= 11 is 3.32. The summed E-state index contributed by atoms with van der Waals surface area (Å²) in [5, 5.41) is 9.62. The average Bonchev–Trinajstić information content (AvgIpc) is 2.03. The van der Waals surface area contributed by atoms with Crippen LogP contribution in [0, 0.1) is 0 Å². The van der Waals surface area contributed by atoms with E-state index in [0.717, 1.165) is 10.0 Å². The van der Waals surface area contributed by atoms with Crippen molar-refractivity contribution >= 4 is 21.7 Å². The van der Waals surface area contributed by atoms with Crippen LogP contribution in [0.1, 0.15) is 25.0 Å². The molecule has 0 fully saturated rings. The highest BCUT2D eigenvalue weighted by molar-refractivity contribution is 9.10. The molecule has 0 saturated heterocycles. The summed E-state index contributed by atoms with van der Waals surface area (Å²) in [5.41, 5.74) is 0.762. The van der Waals surface area contributed by atoms with Crippen molar-refractivity contribution in [3.8, 4) is 0 Å². The molecule has 1 atom stereocenters. The molecule has 0 aliphatic carbocycles. The second kappa shape index (κ2) is 4.53. The van der Waals surface area contributed by atoms with E-state index in [1.54, 1.807) is 6.07 Å². The maximum absolute atomic E-state index is 10.8. The zero-order chi connectivity index (χ0) is 9.84. The second-order valence-electron chi connectivity index (χ2n) is 2.94. The molecule has 70 valence electrons.